The molecule has 0 fully saturated rings. The third-order valence-electron chi connectivity index (χ3n) is 1.31. The van der Waals surface area contributed by atoms with Gasteiger partial charge in [0, 0.05) is 19.8 Å². The van der Waals surface area contributed by atoms with Gasteiger partial charge in [0.15, 0.2) is 6.29 Å². The number of ether oxygens (including phenoxy) is 2. The summed E-state index contributed by atoms with van der Waals surface area (Å²) < 4.78 is 10.4. The van der Waals surface area contributed by atoms with Gasteiger partial charge in [-0.05, 0) is 26.7 Å². The molecule has 3 nitrogen and oxygen atoms in total. The Bertz CT molecular complexity index is 75.7. The van der Waals surface area contributed by atoms with Gasteiger partial charge in [-0.15, -0.1) is 0 Å². The summed E-state index contributed by atoms with van der Waals surface area (Å²) in [7, 11) is 0. The standard InChI is InChI=1S/C8H18O3/c1-3-10-8(2)11-7-5-4-6-9/h8-9H,3-7H2,1-2H3. The molecule has 68 valence electrons. The van der Waals surface area contributed by atoms with Crippen LogP contribution in [0.3, 0.4) is 0 Å². The summed E-state index contributed by atoms with van der Waals surface area (Å²) in [5.74, 6) is 0. The molecule has 11 heavy (non-hydrogen) atoms. The quantitative estimate of drug-likeness (QED) is 0.451. The maximum absolute atomic E-state index is 8.45. The Kier molecular flexibility index (Phi) is 7.89. The van der Waals surface area contributed by atoms with E-state index in [9.17, 15) is 0 Å². The van der Waals surface area contributed by atoms with Crippen LogP contribution >= 0.6 is 0 Å². The van der Waals surface area contributed by atoms with Gasteiger partial charge >= 0.3 is 0 Å². The molecule has 0 bridgehead atoms. The molecule has 0 aliphatic carbocycles. The molecule has 0 spiro atoms. The average molecular weight is 162 g/mol. The lowest BCUT2D eigenvalue weighted by Crippen LogP contribution is -2.13. The van der Waals surface area contributed by atoms with E-state index in [4.69, 9.17) is 14.6 Å². The first-order valence-electron chi connectivity index (χ1n) is 4.15. The fourth-order valence-corrected chi connectivity index (χ4v) is 0.746. The number of hydrogen-bond donors (Lipinski definition) is 1. The van der Waals surface area contributed by atoms with Crippen LogP contribution in [-0.2, 0) is 9.47 Å². The summed E-state index contributed by atoms with van der Waals surface area (Å²) in [6, 6.07) is 0. The largest absolute Gasteiger partial charge is 0.396 e. The van der Waals surface area contributed by atoms with Gasteiger partial charge in [0.05, 0.1) is 0 Å². The summed E-state index contributed by atoms with van der Waals surface area (Å²) in [4.78, 5) is 0. The summed E-state index contributed by atoms with van der Waals surface area (Å²) in [5.41, 5.74) is 0. The summed E-state index contributed by atoms with van der Waals surface area (Å²) >= 11 is 0. The van der Waals surface area contributed by atoms with Gasteiger partial charge in [0.2, 0.25) is 0 Å². The van der Waals surface area contributed by atoms with Gasteiger partial charge in [0.25, 0.3) is 0 Å². The second kappa shape index (κ2) is 7.98. The molecule has 0 heterocycles. The van der Waals surface area contributed by atoms with Crippen molar-refractivity contribution in [1.29, 1.82) is 0 Å². The van der Waals surface area contributed by atoms with E-state index in [0.717, 1.165) is 12.8 Å². The van der Waals surface area contributed by atoms with Crippen LogP contribution in [-0.4, -0.2) is 31.2 Å². The third kappa shape index (κ3) is 7.78. The molecular formula is C8H18O3. The minimum atomic E-state index is -0.112. The topological polar surface area (TPSA) is 38.7 Å². The van der Waals surface area contributed by atoms with Crippen molar-refractivity contribution in [2.75, 3.05) is 19.8 Å². The van der Waals surface area contributed by atoms with E-state index in [2.05, 4.69) is 0 Å². The van der Waals surface area contributed by atoms with E-state index >= 15 is 0 Å². The van der Waals surface area contributed by atoms with E-state index in [-0.39, 0.29) is 12.9 Å². The van der Waals surface area contributed by atoms with Crippen LogP contribution in [0.15, 0.2) is 0 Å². The molecule has 0 amide bonds. The van der Waals surface area contributed by atoms with Crippen molar-refractivity contribution in [3.8, 4) is 0 Å². The number of hydrogen-bond acceptors (Lipinski definition) is 3. The number of rotatable bonds is 7. The molecular weight excluding hydrogens is 144 g/mol. The van der Waals surface area contributed by atoms with Crippen LogP contribution in [0.4, 0.5) is 0 Å². The van der Waals surface area contributed by atoms with Crippen LogP contribution < -0.4 is 0 Å². The number of aliphatic hydroxyl groups excluding tert-OH is 1. The highest BCUT2D eigenvalue weighted by molar-refractivity contribution is 4.37. The van der Waals surface area contributed by atoms with Crippen molar-refractivity contribution < 1.29 is 14.6 Å². The third-order valence-corrected chi connectivity index (χ3v) is 1.31. The highest BCUT2D eigenvalue weighted by atomic mass is 16.7. The zero-order valence-electron chi connectivity index (χ0n) is 7.38. The number of aliphatic hydroxyl groups is 1. The summed E-state index contributed by atoms with van der Waals surface area (Å²) in [6.45, 7) is 5.41. The minimum Gasteiger partial charge on any atom is -0.396 e. The van der Waals surface area contributed by atoms with E-state index in [1.54, 1.807) is 0 Å². The molecule has 0 aromatic heterocycles. The van der Waals surface area contributed by atoms with E-state index in [0.29, 0.717) is 13.2 Å². The van der Waals surface area contributed by atoms with Crippen LogP contribution in [0, 0.1) is 0 Å². The van der Waals surface area contributed by atoms with E-state index in [1.807, 2.05) is 13.8 Å². The molecule has 1 N–H and O–H groups in total. The van der Waals surface area contributed by atoms with Crippen LogP contribution in [0.1, 0.15) is 26.7 Å². The Morgan fingerprint density at radius 2 is 2.00 bits per heavy atom. The Labute approximate surface area is 68.3 Å². The summed E-state index contributed by atoms with van der Waals surface area (Å²) in [6.07, 6.45) is 1.59. The molecule has 0 saturated heterocycles. The minimum absolute atomic E-state index is 0.112. The molecule has 1 unspecified atom stereocenters. The molecule has 0 aromatic carbocycles. The van der Waals surface area contributed by atoms with Gasteiger partial charge in [-0.2, -0.15) is 0 Å². The molecule has 0 radical (unpaired) electrons. The lowest BCUT2D eigenvalue weighted by molar-refractivity contribution is -0.127. The number of unbranched alkanes of at least 4 members (excludes halogenated alkanes) is 1. The Balaban J connectivity index is 2.97. The highest BCUT2D eigenvalue weighted by Gasteiger charge is 1.98. The maximum Gasteiger partial charge on any atom is 0.154 e. The molecule has 1 atom stereocenters. The fourth-order valence-electron chi connectivity index (χ4n) is 0.746. The molecule has 0 rings (SSSR count). The van der Waals surface area contributed by atoms with Gasteiger partial charge < -0.3 is 14.6 Å². The SMILES string of the molecule is CCOC(C)OCCCCO. The van der Waals surface area contributed by atoms with Gasteiger partial charge in [-0.1, -0.05) is 0 Å². The second-order valence-corrected chi connectivity index (χ2v) is 2.32. The molecule has 0 aromatic rings. The normalized spacial score (nSPS) is 13.4. The zero-order chi connectivity index (χ0) is 8.53. The van der Waals surface area contributed by atoms with Crippen LogP contribution in [0.2, 0.25) is 0 Å². The zero-order valence-corrected chi connectivity index (χ0v) is 7.38. The second-order valence-electron chi connectivity index (χ2n) is 2.32. The monoisotopic (exact) mass is 162 g/mol. The van der Waals surface area contributed by atoms with Crippen molar-refractivity contribution >= 4 is 0 Å². The first kappa shape index (κ1) is 10.9. The van der Waals surface area contributed by atoms with Crippen LogP contribution in [0.25, 0.3) is 0 Å². The molecule has 0 aliphatic rings. The molecule has 0 aliphatic heterocycles. The van der Waals surface area contributed by atoms with Crippen molar-refractivity contribution in [1.82, 2.24) is 0 Å². The smallest absolute Gasteiger partial charge is 0.154 e. The lowest BCUT2D eigenvalue weighted by Gasteiger charge is -2.11. The molecule has 0 saturated carbocycles. The average Bonchev–Trinajstić information content (AvgIpc) is 1.99. The first-order chi connectivity index (χ1) is 5.31. The van der Waals surface area contributed by atoms with Crippen molar-refractivity contribution in [2.45, 2.75) is 33.0 Å². The van der Waals surface area contributed by atoms with Gasteiger partial charge in [0.1, 0.15) is 0 Å². The van der Waals surface area contributed by atoms with Crippen molar-refractivity contribution in [3.63, 3.8) is 0 Å². The van der Waals surface area contributed by atoms with Gasteiger partial charge in [-0.25, -0.2) is 0 Å². The first-order valence-corrected chi connectivity index (χ1v) is 4.15. The predicted molar refractivity (Wildman–Crippen MR) is 43.4 cm³/mol. The van der Waals surface area contributed by atoms with Crippen molar-refractivity contribution in [3.05, 3.63) is 0 Å². The van der Waals surface area contributed by atoms with Crippen molar-refractivity contribution in [2.24, 2.45) is 0 Å². The highest BCUT2D eigenvalue weighted by Crippen LogP contribution is 1.95. The Morgan fingerprint density at radius 3 is 2.55 bits per heavy atom. The van der Waals surface area contributed by atoms with Crippen LogP contribution in [0.5, 0.6) is 0 Å². The Hall–Kier alpha value is -0.120. The fraction of sp³-hybridized carbons (Fsp3) is 1.00. The molecule has 3 heteroatoms. The maximum atomic E-state index is 8.45. The Morgan fingerprint density at radius 1 is 1.27 bits per heavy atom. The van der Waals surface area contributed by atoms with E-state index in [1.165, 1.54) is 0 Å². The van der Waals surface area contributed by atoms with Gasteiger partial charge in [-0.3, -0.25) is 0 Å². The summed E-state index contributed by atoms with van der Waals surface area (Å²) in [5, 5.41) is 8.45. The van der Waals surface area contributed by atoms with E-state index < -0.39 is 0 Å². The predicted octanol–water partition coefficient (Wildman–Crippen LogP) is 1.16. The lowest BCUT2D eigenvalue weighted by atomic mass is 10.3.